The summed E-state index contributed by atoms with van der Waals surface area (Å²) in [5.74, 6) is 0.262. The molecule has 0 spiro atoms. The van der Waals surface area contributed by atoms with Gasteiger partial charge in [0.2, 0.25) is 5.91 Å². The predicted octanol–water partition coefficient (Wildman–Crippen LogP) is 5.33. The second kappa shape index (κ2) is 16.6. The van der Waals surface area contributed by atoms with Crippen LogP contribution in [0.2, 0.25) is 0 Å². The first-order chi connectivity index (χ1) is 23.5. The van der Waals surface area contributed by atoms with Crippen LogP contribution in [-0.2, 0) is 32.2 Å². The Bertz CT molecular complexity index is 1520. The number of ether oxygens (including phenoxy) is 5. The molecular weight excluding hydrogens is 624 g/mol. The summed E-state index contributed by atoms with van der Waals surface area (Å²) in [6, 6.07) is 23.1. The quantitative estimate of drug-likeness (QED) is 0.121. The number of benzene rings is 3. The van der Waals surface area contributed by atoms with Crippen molar-refractivity contribution in [3.05, 3.63) is 95.1 Å². The van der Waals surface area contributed by atoms with Crippen LogP contribution in [0.4, 0.5) is 0 Å². The molecule has 3 aromatic rings. The topological polar surface area (TPSA) is 125 Å². The highest BCUT2D eigenvalue weighted by atomic mass is 16.6. The average Bonchev–Trinajstić information content (AvgIpc) is 3.62. The van der Waals surface area contributed by atoms with E-state index in [0.717, 1.165) is 30.4 Å². The van der Waals surface area contributed by atoms with Crippen molar-refractivity contribution in [3.8, 4) is 11.5 Å². The molecule has 0 aromatic heterocycles. The molecule has 3 N–H and O–H groups in total. The molecule has 264 valence electrons. The van der Waals surface area contributed by atoms with Gasteiger partial charge in [-0.15, -0.1) is 0 Å². The minimum absolute atomic E-state index is 0.0230. The minimum Gasteiger partial charge on any atom is -0.485 e. The maximum atomic E-state index is 13.6. The molecule has 3 aromatic carbocycles. The Morgan fingerprint density at radius 3 is 2.16 bits per heavy atom. The summed E-state index contributed by atoms with van der Waals surface area (Å²) in [6.45, 7) is 10.0. The molecular formula is C39H50N2O8. The number of amides is 1. The van der Waals surface area contributed by atoms with E-state index in [1.807, 2.05) is 88.4 Å². The second-order valence-electron chi connectivity index (χ2n) is 14.1. The normalized spacial score (nSPS) is 17.9. The lowest BCUT2D eigenvalue weighted by atomic mass is 10.0. The van der Waals surface area contributed by atoms with Crippen molar-refractivity contribution >= 4 is 11.9 Å². The highest BCUT2D eigenvalue weighted by Gasteiger charge is 2.46. The van der Waals surface area contributed by atoms with E-state index in [9.17, 15) is 14.7 Å². The van der Waals surface area contributed by atoms with Gasteiger partial charge in [0, 0.05) is 30.7 Å². The van der Waals surface area contributed by atoms with Crippen molar-refractivity contribution < 1.29 is 38.4 Å². The number of rotatable bonds is 18. The maximum Gasteiger partial charge on any atom is 0.338 e. The summed E-state index contributed by atoms with van der Waals surface area (Å²) >= 11 is 0. The fourth-order valence-electron chi connectivity index (χ4n) is 5.41. The van der Waals surface area contributed by atoms with Gasteiger partial charge in [-0.3, -0.25) is 4.79 Å². The van der Waals surface area contributed by atoms with Crippen molar-refractivity contribution in [1.82, 2.24) is 10.6 Å². The zero-order valence-corrected chi connectivity index (χ0v) is 29.0. The maximum absolute atomic E-state index is 13.6. The van der Waals surface area contributed by atoms with E-state index in [1.165, 1.54) is 0 Å². The summed E-state index contributed by atoms with van der Waals surface area (Å²) in [5.41, 5.74) is 2.19. The molecule has 1 aliphatic heterocycles. The third-order valence-corrected chi connectivity index (χ3v) is 9.15. The van der Waals surface area contributed by atoms with Crippen molar-refractivity contribution in [1.29, 1.82) is 0 Å². The highest BCUT2D eigenvalue weighted by molar-refractivity contribution is 5.92. The molecule has 1 amide bonds. The smallest absolute Gasteiger partial charge is 0.338 e. The van der Waals surface area contributed by atoms with Crippen molar-refractivity contribution in [2.75, 3.05) is 32.9 Å². The SMILES string of the molecule is Cc1cc(OCc2ccccc2)c(OCc2ccccc2)cc1C(=O)OCC(CNC(C)(C)CNC(=O)C1CCOC1)OC(O)C1(C)CC1. The summed E-state index contributed by atoms with van der Waals surface area (Å²) in [4.78, 5) is 26.1. The van der Waals surface area contributed by atoms with Crippen LogP contribution in [0.1, 0.15) is 67.1 Å². The molecule has 5 rings (SSSR count). The number of carbonyl (C=O) groups excluding carboxylic acids is 2. The molecule has 3 unspecified atom stereocenters. The standard InChI is InChI=1S/C39H50N2O8/c1-27-19-33(46-22-28-11-7-5-8-12-28)34(47-23-29-13-9-6-10-14-29)20-32(27)36(43)48-25-31(49-37(44)39(4)16-17-39)21-41-38(2,3)26-40-35(42)30-15-18-45-24-30/h5-14,19-20,30-31,37,41,44H,15-18,21-26H2,1-4H3,(H,40,42). The first kappa shape index (κ1) is 36.3. The molecule has 3 atom stereocenters. The van der Waals surface area contributed by atoms with Crippen LogP contribution in [-0.4, -0.2) is 67.8 Å². The molecule has 49 heavy (non-hydrogen) atoms. The molecule has 1 saturated carbocycles. The summed E-state index contributed by atoms with van der Waals surface area (Å²) < 4.78 is 29.6. The number of nitrogens with one attached hydrogen (secondary N) is 2. The molecule has 10 heteroatoms. The van der Waals surface area contributed by atoms with E-state index < -0.39 is 23.9 Å². The van der Waals surface area contributed by atoms with Gasteiger partial charge < -0.3 is 39.4 Å². The van der Waals surface area contributed by atoms with Gasteiger partial charge in [0.05, 0.1) is 18.1 Å². The monoisotopic (exact) mass is 674 g/mol. The van der Waals surface area contributed by atoms with Crippen molar-refractivity contribution in [2.24, 2.45) is 11.3 Å². The number of hydrogen-bond acceptors (Lipinski definition) is 9. The first-order valence-electron chi connectivity index (χ1n) is 17.1. The number of esters is 1. The molecule has 0 bridgehead atoms. The first-order valence-corrected chi connectivity index (χ1v) is 17.1. The van der Waals surface area contributed by atoms with E-state index >= 15 is 0 Å². The van der Waals surface area contributed by atoms with Gasteiger partial charge >= 0.3 is 5.97 Å². The van der Waals surface area contributed by atoms with E-state index in [4.69, 9.17) is 23.7 Å². The number of aryl methyl sites for hydroxylation is 1. The van der Waals surface area contributed by atoms with Crippen LogP contribution in [0.5, 0.6) is 11.5 Å². The van der Waals surface area contributed by atoms with Gasteiger partial charge in [0.25, 0.3) is 0 Å². The number of hydrogen-bond donors (Lipinski definition) is 3. The van der Waals surface area contributed by atoms with Gasteiger partial charge in [-0.2, -0.15) is 0 Å². The third kappa shape index (κ3) is 10.8. The molecule has 2 aliphatic rings. The van der Waals surface area contributed by atoms with Crippen molar-refractivity contribution in [3.63, 3.8) is 0 Å². The number of aliphatic hydroxyl groups excluding tert-OH is 1. The van der Waals surface area contributed by atoms with Gasteiger partial charge in [-0.05, 0) is 68.9 Å². The van der Waals surface area contributed by atoms with E-state index in [1.54, 1.807) is 12.1 Å². The van der Waals surface area contributed by atoms with Crippen LogP contribution in [0.15, 0.2) is 72.8 Å². The van der Waals surface area contributed by atoms with E-state index in [2.05, 4.69) is 10.6 Å². The van der Waals surface area contributed by atoms with Crippen LogP contribution in [0.3, 0.4) is 0 Å². The average molecular weight is 675 g/mol. The van der Waals surface area contributed by atoms with Crippen LogP contribution in [0, 0.1) is 18.3 Å². The lowest BCUT2D eigenvalue weighted by Gasteiger charge is -2.31. The Kier molecular flexibility index (Phi) is 12.3. The Labute approximate surface area is 289 Å². The van der Waals surface area contributed by atoms with Gasteiger partial charge in [-0.25, -0.2) is 4.79 Å². The highest BCUT2D eigenvalue weighted by Crippen LogP contribution is 2.48. The predicted molar refractivity (Wildman–Crippen MR) is 185 cm³/mol. The molecule has 1 saturated heterocycles. The van der Waals surface area contributed by atoms with E-state index in [-0.39, 0.29) is 30.4 Å². The Hall–Kier alpha value is -3.96. The molecule has 0 radical (unpaired) electrons. The second-order valence-corrected chi connectivity index (χ2v) is 14.1. The molecule has 2 fully saturated rings. The van der Waals surface area contributed by atoms with Crippen molar-refractivity contribution in [2.45, 2.75) is 78.1 Å². The van der Waals surface area contributed by atoms with Crippen LogP contribution in [0.25, 0.3) is 0 Å². The largest absolute Gasteiger partial charge is 0.485 e. The summed E-state index contributed by atoms with van der Waals surface area (Å²) in [6.07, 6.45) is 0.808. The van der Waals surface area contributed by atoms with Crippen LogP contribution >= 0.6 is 0 Å². The molecule has 1 heterocycles. The summed E-state index contributed by atoms with van der Waals surface area (Å²) in [7, 11) is 0. The molecule has 10 nitrogen and oxygen atoms in total. The zero-order valence-electron chi connectivity index (χ0n) is 29.0. The Balaban J connectivity index is 1.25. The third-order valence-electron chi connectivity index (χ3n) is 9.15. The summed E-state index contributed by atoms with van der Waals surface area (Å²) in [5, 5.41) is 17.3. The Morgan fingerprint density at radius 1 is 0.980 bits per heavy atom. The minimum atomic E-state index is -0.996. The van der Waals surface area contributed by atoms with Gasteiger partial charge in [-0.1, -0.05) is 67.6 Å². The molecule has 1 aliphatic carbocycles. The van der Waals surface area contributed by atoms with E-state index in [0.29, 0.717) is 55.6 Å². The van der Waals surface area contributed by atoms with Gasteiger partial charge in [0.1, 0.15) is 25.9 Å². The lowest BCUT2D eigenvalue weighted by Crippen LogP contribution is -2.53. The fraction of sp³-hybridized carbons (Fsp3) is 0.487. The van der Waals surface area contributed by atoms with Gasteiger partial charge in [0.15, 0.2) is 17.8 Å². The number of aliphatic hydroxyl groups is 1. The fourth-order valence-corrected chi connectivity index (χ4v) is 5.41. The van der Waals surface area contributed by atoms with Crippen LogP contribution < -0.4 is 20.1 Å². The Morgan fingerprint density at radius 2 is 1.59 bits per heavy atom. The lowest BCUT2D eigenvalue weighted by molar-refractivity contribution is -0.178. The zero-order chi connectivity index (χ0) is 34.9. The number of carbonyl (C=O) groups is 2.